The predicted molar refractivity (Wildman–Crippen MR) is 106 cm³/mol. The third-order valence-corrected chi connectivity index (χ3v) is 8.08. The van der Waals surface area contributed by atoms with Gasteiger partial charge in [-0.3, -0.25) is 9.59 Å². The van der Waals surface area contributed by atoms with Gasteiger partial charge in [-0.1, -0.05) is 0 Å². The topological polar surface area (TPSA) is 88.5 Å². The third-order valence-electron chi connectivity index (χ3n) is 8.08. The van der Waals surface area contributed by atoms with Crippen LogP contribution in [0.2, 0.25) is 0 Å². The Morgan fingerprint density at radius 2 is 1.43 bits per heavy atom. The second kappa shape index (κ2) is 8.37. The van der Waals surface area contributed by atoms with Crippen molar-refractivity contribution in [3.8, 4) is 0 Å². The molecule has 2 saturated carbocycles. The molecule has 30 heavy (non-hydrogen) atoms. The molecule has 3 aliphatic heterocycles. The van der Waals surface area contributed by atoms with E-state index < -0.39 is 5.60 Å². The summed E-state index contributed by atoms with van der Waals surface area (Å²) in [5, 5.41) is 10.2. The summed E-state index contributed by atoms with van der Waals surface area (Å²) < 4.78 is 16.4. The van der Waals surface area contributed by atoms with E-state index in [1.807, 2.05) is 4.90 Å². The Labute approximate surface area is 177 Å². The molecule has 5 rings (SSSR count). The molecule has 8 heteroatoms. The molecule has 3 heterocycles. The predicted octanol–water partition coefficient (Wildman–Crippen LogP) is 0.767. The van der Waals surface area contributed by atoms with E-state index in [1.165, 1.54) is 6.42 Å². The Morgan fingerprint density at radius 1 is 0.800 bits per heavy atom. The minimum absolute atomic E-state index is 0.0791. The van der Waals surface area contributed by atoms with Gasteiger partial charge in [0.2, 0.25) is 5.91 Å². The molecule has 2 amide bonds. The zero-order valence-electron chi connectivity index (χ0n) is 17.7. The highest BCUT2D eigenvalue weighted by Crippen LogP contribution is 2.42. The lowest BCUT2D eigenvalue weighted by molar-refractivity contribution is -0.201. The number of fused-ring (bicyclic) bond motifs is 1. The summed E-state index contributed by atoms with van der Waals surface area (Å²) in [6, 6.07) is 0. The maximum atomic E-state index is 13.0. The summed E-state index contributed by atoms with van der Waals surface area (Å²) in [5.74, 6) is 1.53. The van der Waals surface area contributed by atoms with Gasteiger partial charge in [0.05, 0.1) is 25.4 Å². The fourth-order valence-electron chi connectivity index (χ4n) is 6.08. The third kappa shape index (κ3) is 3.87. The van der Waals surface area contributed by atoms with Crippen LogP contribution in [-0.2, 0) is 23.8 Å². The first kappa shape index (κ1) is 20.7. The summed E-state index contributed by atoms with van der Waals surface area (Å²) in [6.07, 6.45) is 8.24. The molecule has 0 spiro atoms. The van der Waals surface area contributed by atoms with Crippen molar-refractivity contribution in [3.05, 3.63) is 0 Å². The molecule has 0 radical (unpaired) electrons. The van der Waals surface area contributed by atoms with Crippen molar-refractivity contribution in [2.24, 2.45) is 17.8 Å². The van der Waals surface area contributed by atoms with Gasteiger partial charge in [-0.25, -0.2) is 0 Å². The van der Waals surface area contributed by atoms with E-state index in [9.17, 15) is 14.7 Å². The van der Waals surface area contributed by atoms with Crippen LogP contribution in [0.25, 0.3) is 0 Å². The minimum atomic E-state index is -1.35. The first-order valence-electron chi connectivity index (χ1n) is 11.6. The molecular formula is C22H34N2O6. The maximum absolute atomic E-state index is 13.0. The number of carbonyl (C=O) groups is 2. The van der Waals surface area contributed by atoms with Crippen LogP contribution in [0.5, 0.6) is 0 Å². The van der Waals surface area contributed by atoms with Crippen molar-refractivity contribution in [1.29, 1.82) is 0 Å². The molecule has 0 aromatic carbocycles. The highest BCUT2D eigenvalue weighted by Gasteiger charge is 2.47. The number of ether oxygens (including phenoxy) is 3. The first-order valence-corrected chi connectivity index (χ1v) is 11.6. The zero-order chi connectivity index (χ0) is 20.7. The van der Waals surface area contributed by atoms with Crippen molar-refractivity contribution < 1.29 is 28.9 Å². The fourth-order valence-corrected chi connectivity index (χ4v) is 6.08. The maximum Gasteiger partial charge on any atom is 0.259 e. The molecule has 3 saturated heterocycles. The van der Waals surface area contributed by atoms with E-state index in [0.29, 0.717) is 50.9 Å². The molecule has 5 fully saturated rings. The number of hydrogen-bond acceptors (Lipinski definition) is 6. The van der Waals surface area contributed by atoms with Crippen LogP contribution in [0.15, 0.2) is 0 Å². The van der Waals surface area contributed by atoms with Gasteiger partial charge in [-0.2, -0.15) is 0 Å². The summed E-state index contributed by atoms with van der Waals surface area (Å²) >= 11 is 0. The highest BCUT2D eigenvalue weighted by molar-refractivity contribution is 5.86. The molecule has 3 unspecified atom stereocenters. The normalized spacial score (nSPS) is 38.6. The molecule has 3 atom stereocenters. The second-order valence-electron chi connectivity index (χ2n) is 9.85. The van der Waals surface area contributed by atoms with Crippen molar-refractivity contribution in [3.63, 3.8) is 0 Å². The summed E-state index contributed by atoms with van der Waals surface area (Å²) in [7, 11) is 0. The number of carbonyl (C=O) groups excluding carboxylic acids is 2. The van der Waals surface area contributed by atoms with Crippen LogP contribution in [0.4, 0.5) is 0 Å². The van der Waals surface area contributed by atoms with E-state index in [-0.39, 0.29) is 37.0 Å². The van der Waals surface area contributed by atoms with Gasteiger partial charge in [0.1, 0.15) is 6.79 Å². The quantitative estimate of drug-likeness (QED) is 0.723. The molecule has 1 N–H and O–H groups in total. The number of piperazine rings is 1. The van der Waals surface area contributed by atoms with Crippen LogP contribution >= 0.6 is 0 Å². The van der Waals surface area contributed by atoms with Crippen LogP contribution in [0.3, 0.4) is 0 Å². The average molecular weight is 423 g/mol. The average Bonchev–Trinajstić information content (AvgIpc) is 3.24. The number of aliphatic hydroxyl groups is 1. The molecule has 2 aliphatic carbocycles. The van der Waals surface area contributed by atoms with E-state index in [4.69, 9.17) is 14.2 Å². The standard InChI is InChI=1S/C22H34N2O6/c25-20(23-7-9-24(10-8-23)21(26)22(27)12-28-13-22)16-3-1-15(2-4-16)17-5-6-18-19(11-17)30-14-29-18/h15-19,27H,1-14H2. The van der Waals surface area contributed by atoms with E-state index in [1.54, 1.807) is 4.90 Å². The van der Waals surface area contributed by atoms with E-state index >= 15 is 0 Å². The Bertz CT molecular complexity index is 652. The lowest BCUT2D eigenvalue weighted by Gasteiger charge is -2.43. The van der Waals surface area contributed by atoms with Crippen LogP contribution in [0.1, 0.15) is 44.9 Å². The molecular weight excluding hydrogens is 388 g/mol. The van der Waals surface area contributed by atoms with E-state index in [0.717, 1.165) is 38.5 Å². The minimum Gasteiger partial charge on any atom is -0.376 e. The Balaban J connectivity index is 1.07. The SMILES string of the molecule is O=C(C1CCC(C2CCC3OCOC3C2)CC1)N1CCN(C(=O)C2(O)COC2)CC1. The Kier molecular flexibility index (Phi) is 5.77. The molecule has 168 valence electrons. The van der Waals surface area contributed by atoms with Gasteiger partial charge in [-0.15, -0.1) is 0 Å². The summed E-state index contributed by atoms with van der Waals surface area (Å²) in [6.45, 7) is 2.72. The van der Waals surface area contributed by atoms with Crippen LogP contribution < -0.4 is 0 Å². The monoisotopic (exact) mass is 422 g/mol. The molecule has 0 aromatic heterocycles. The summed E-state index contributed by atoms with van der Waals surface area (Å²) in [5.41, 5.74) is -1.35. The largest absolute Gasteiger partial charge is 0.376 e. The van der Waals surface area contributed by atoms with Crippen molar-refractivity contribution >= 4 is 11.8 Å². The number of nitrogens with zero attached hydrogens (tertiary/aromatic N) is 2. The van der Waals surface area contributed by atoms with Gasteiger partial charge in [-0.05, 0) is 56.8 Å². The van der Waals surface area contributed by atoms with Crippen molar-refractivity contribution in [2.75, 3.05) is 46.2 Å². The van der Waals surface area contributed by atoms with Gasteiger partial charge in [0.15, 0.2) is 5.60 Å². The zero-order valence-corrected chi connectivity index (χ0v) is 17.7. The van der Waals surface area contributed by atoms with E-state index in [2.05, 4.69) is 0 Å². The molecule has 0 bridgehead atoms. The van der Waals surface area contributed by atoms with Gasteiger partial charge >= 0.3 is 0 Å². The number of rotatable bonds is 3. The van der Waals surface area contributed by atoms with Gasteiger partial charge in [0, 0.05) is 32.1 Å². The lowest BCUT2D eigenvalue weighted by Crippen LogP contribution is -2.64. The van der Waals surface area contributed by atoms with Crippen molar-refractivity contribution in [2.45, 2.75) is 62.8 Å². The Morgan fingerprint density at radius 3 is 2.10 bits per heavy atom. The van der Waals surface area contributed by atoms with Crippen LogP contribution in [0, 0.1) is 17.8 Å². The molecule has 0 aromatic rings. The van der Waals surface area contributed by atoms with Crippen LogP contribution in [-0.4, -0.2) is 90.7 Å². The highest BCUT2D eigenvalue weighted by atomic mass is 16.7. The Hall–Kier alpha value is -1.22. The second-order valence-corrected chi connectivity index (χ2v) is 9.85. The van der Waals surface area contributed by atoms with Gasteiger partial charge in [0.25, 0.3) is 5.91 Å². The number of hydrogen-bond donors (Lipinski definition) is 1. The lowest BCUT2D eigenvalue weighted by atomic mass is 9.70. The smallest absolute Gasteiger partial charge is 0.259 e. The number of amides is 2. The fraction of sp³-hybridized carbons (Fsp3) is 0.909. The van der Waals surface area contributed by atoms with Crippen molar-refractivity contribution in [1.82, 2.24) is 9.80 Å². The summed E-state index contributed by atoms with van der Waals surface area (Å²) in [4.78, 5) is 29.1. The van der Waals surface area contributed by atoms with Gasteiger partial charge < -0.3 is 29.1 Å². The first-order chi connectivity index (χ1) is 14.5. The molecule has 5 aliphatic rings. The molecule has 8 nitrogen and oxygen atoms in total.